The Morgan fingerprint density at radius 1 is 1.18 bits per heavy atom. The van der Waals surface area contributed by atoms with Crippen molar-refractivity contribution in [2.45, 2.75) is 11.8 Å². The van der Waals surface area contributed by atoms with Crippen molar-refractivity contribution in [2.24, 2.45) is 0 Å². The van der Waals surface area contributed by atoms with E-state index in [1.54, 1.807) is 12.1 Å². The maximum atomic E-state index is 10.7. The molecule has 0 heterocycles. The summed E-state index contributed by atoms with van der Waals surface area (Å²) in [6, 6.07) is 6.37. The summed E-state index contributed by atoms with van der Waals surface area (Å²) < 4.78 is 21.4. The van der Waals surface area contributed by atoms with E-state index in [4.69, 9.17) is 10.7 Å². The first-order chi connectivity index (χ1) is 5.00. The van der Waals surface area contributed by atoms with Crippen molar-refractivity contribution < 1.29 is 8.42 Å². The molecule has 0 spiro atoms. The van der Waals surface area contributed by atoms with Crippen LogP contribution in [0.2, 0.25) is 0 Å². The van der Waals surface area contributed by atoms with Crippen LogP contribution in [0.3, 0.4) is 0 Å². The number of halogens is 1. The molecule has 0 aliphatic rings. The van der Waals surface area contributed by atoms with Crippen LogP contribution in [-0.2, 0) is 9.05 Å². The summed E-state index contributed by atoms with van der Waals surface area (Å²) in [5.41, 5.74) is 1.01. The summed E-state index contributed by atoms with van der Waals surface area (Å²) in [6.45, 7) is 1.88. The fourth-order valence-corrected chi connectivity index (χ4v) is 1.47. The second-order valence-corrected chi connectivity index (χ2v) is 4.82. The predicted molar refractivity (Wildman–Crippen MR) is 44.2 cm³/mol. The highest BCUT2D eigenvalue weighted by atomic mass is 35.7. The zero-order valence-electron chi connectivity index (χ0n) is 5.91. The molecule has 0 aliphatic carbocycles. The molecule has 0 aromatic heterocycles. The molecule has 0 saturated carbocycles. The average Bonchev–Trinajstić information content (AvgIpc) is 1.86. The molecule has 0 bridgehead atoms. The summed E-state index contributed by atoms with van der Waals surface area (Å²) in [5, 5.41) is 0. The lowest BCUT2D eigenvalue weighted by atomic mass is 10.3. The van der Waals surface area contributed by atoms with Gasteiger partial charge in [-0.3, -0.25) is 0 Å². The highest BCUT2D eigenvalue weighted by Gasteiger charge is 2.07. The van der Waals surface area contributed by atoms with E-state index in [0.29, 0.717) is 0 Å². The fraction of sp³-hybridized carbons (Fsp3) is 0.143. The van der Waals surface area contributed by atoms with Crippen LogP contribution < -0.4 is 0 Å². The van der Waals surface area contributed by atoms with Gasteiger partial charge >= 0.3 is 0 Å². The molecule has 60 valence electrons. The zero-order chi connectivity index (χ0) is 8.48. The Kier molecular flexibility index (Phi) is 2.20. The van der Waals surface area contributed by atoms with Crippen LogP contribution in [0.5, 0.6) is 0 Å². The molecule has 1 aromatic carbocycles. The molecular weight excluding hydrogens is 186 g/mol. The van der Waals surface area contributed by atoms with Crippen LogP contribution in [0.4, 0.5) is 0 Å². The van der Waals surface area contributed by atoms with Gasteiger partial charge in [-0.05, 0) is 19.1 Å². The highest BCUT2D eigenvalue weighted by molar-refractivity contribution is 8.13. The summed E-state index contributed by atoms with van der Waals surface area (Å²) in [5.74, 6) is 0. The molecule has 4 heteroatoms. The first-order valence-electron chi connectivity index (χ1n) is 3.01. The van der Waals surface area contributed by atoms with Gasteiger partial charge in [0.2, 0.25) is 0 Å². The predicted octanol–water partition coefficient (Wildman–Crippen LogP) is 1.92. The zero-order valence-corrected chi connectivity index (χ0v) is 7.48. The van der Waals surface area contributed by atoms with Gasteiger partial charge in [-0.2, -0.15) is 0 Å². The summed E-state index contributed by atoms with van der Waals surface area (Å²) >= 11 is 0. The Bertz CT molecular complexity index is 339. The van der Waals surface area contributed by atoms with E-state index in [-0.39, 0.29) is 4.90 Å². The van der Waals surface area contributed by atoms with Crippen molar-refractivity contribution >= 4 is 19.7 Å². The Balaban J connectivity index is 3.20. The third-order valence-electron chi connectivity index (χ3n) is 1.30. The van der Waals surface area contributed by atoms with Crippen LogP contribution >= 0.6 is 10.7 Å². The van der Waals surface area contributed by atoms with Crippen LogP contribution in [0.25, 0.3) is 0 Å². The summed E-state index contributed by atoms with van der Waals surface area (Å²) in [4.78, 5) is 0.143. The van der Waals surface area contributed by atoms with E-state index in [1.165, 1.54) is 12.1 Å². The topological polar surface area (TPSA) is 34.1 Å². The van der Waals surface area contributed by atoms with Crippen molar-refractivity contribution in [3.05, 3.63) is 29.8 Å². The van der Waals surface area contributed by atoms with E-state index in [2.05, 4.69) is 0 Å². The molecule has 0 saturated heterocycles. The number of benzene rings is 1. The van der Waals surface area contributed by atoms with E-state index in [1.807, 2.05) is 6.92 Å². The van der Waals surface area contributed by atoms with Gasteiger partial charge in [0.05, 0.1) is 4.90 Å². The summed E-state index contributed by atoms with van der Waals surface area (Å²) in [6.07, 6.45) is 0. The van der Waals surface area contributed by atoms with Gasteiger partial charge in [0.1, 0.15) is 0 Å². The number of hydrogen-bond acceptors (Lipinski definition) is 2. The van der Waals surface area contributed by atoms with E-state index in [0.717, 1.165) is 5.56 Å². The Morgan fingerprint density at radius 3 is 2.00 bits per heavy atom. The molecule has 1 aromatic rings. The third-order valence-corrected chi connectivity index (χ3v) is 2.67. The summed E-state index contributed by atoms with van der Waals surface area (Å²) in [7, 11) is 1.54. The van der Waals surface area contributed by atoms with Gasteiger partial charge in [-0.15, -0.1) is 0 Å². The highest BCUT2D eigenvalue weighted by Crippen LogP contribution is 2.14. The van der Waals surface area contributed by atoms with Gasteiger partial charge < -0.3 is 0 Å². The molecule has 2 nitrogen and oxygen atoms in total. The van der Waals surface area contributed by atoms with E-state index < -0.39 is 9.05 Å². The van der Waals surface area contributed by atoms with Gasteiger partial charge in [0, 0.05) is 10.7 Å². The Hall–Kier alpha value is -0.540. The molecule has 0 aliphatic heterocycles. The molecule has 0 amide bonds. The van der Waals surface area contributed by atoms with E-state index >= 15 is 0 Å². The second kappa shape index (κ2) is 2.83. The average molecular weight is 193 g/mol. The molecular formula is C7H7ClO2S. The minimum absolute atomic E-state index is 0.143. The number of hydrogen-bond donors (Lipinski definition) is 0. The lowest BCUT2D eigenvalue weighted by Crippen LogP contribution is -1.89. The lowest BCUT2D eigenvalue weighted by Gasteiger charge is -1.94. The van der Waals surface area contributed by atoms with Crippen LogP contribution in [0, 0.1) is 6.92 Å². The van der Waals surface area contributed by atoms with Crippen LogP contribution in [0.1, 0.15) is 5.56 Å². The maximum Gasteiger partial charge on any atom is 0.261 e. The van der Waals surface area contributed by atoms with Gasteiger partial charge in [-0.25, -0.2) is 8.42 Å². The molecule has 0 N–H and O–H groups in total. The van der Waals surface area contributed by atoms with Crippen molar-refractivity contribution in [1.29, 1.82) is 0 Å². The molecule has 11 heavy (non-hydrogen) atoms. The first kappa shape index (κ1) is 8.56. The smallest absolute Gasteiger partial charge is 0.207 e. The maximum absolute atomic E-state index is 10.7. The van der Waals surface area contributed by atoms with Gasteiger partial charge in [0.15, 0.2) is 0 Å². The molecule has 0 atom stereocenters. The molecule has 0 fully saturated rings. The lowest BCUT2D eigenvalue weighted by molar-refractivity contribution is 0.609. The van der Waals surface area contributed by atoms with Crippen molar-refractivity contribution in [2.75, 3.05) is 0 Å². The van der Waals surface area contributed by atoms with Gasteiger partial charge in [0.25, 0.3) is 9.05 Å². The van der Waals surface area contributed by atoms with Crippen molar-refractivity contribution in [1.82, 2.24) is 0 Å². The second-order valence-electron chi connectivity index (χ2n) is 2.25. The van der Waals surface area contributed by atoms with Crippen LogP contribution in [-0.4, -0.2) is 8.42 Å². The largest absolute Gasteiger partial charge is 0.261 e. The quantitative estimate of drug-likeness (QED) is 0.638. The number of aryl methyl sites for hydroxylation is 1. The minimum atomic E-state index is -3.55. The minimum Gasteiger partial charge on any atom is -0.207 e. The fourth-order valence-electron chi connectivity index (χ4n) is 0.701. The SMILES string of the molecule is [14CH3]c1ccc(S(=O)(=O)Cl)cc1. The normalized spacial score (nSPS) is 11.5. The Morgan fingerprint density at radius 2 is 1.64 bits per heavy atom. The molecule has 0 unspecified atom stereocenters. The standard InChI is InChI=1S/C7H7ClO2S/c1-6-2-4-7(5-3-6)11(8,9)10/h2-5H,1H3/i1+2. The molecule has 0 radical (unpaired) electrons. The first-order valence-corrected chi connectivity index (χ1v) is 5.32. The van der Waals surface area contributed by atoms with Crippen molar-refractivity contribution in [3.63, 3.8) is 0 Å². The third kappa shape index (κ3) is 2.20. The van der Waals surface area contributed by atoms with Gasteiger partial charge in [-0.1, -0.05) is 17.7 Å². The van der Waals surface area contributed by atoms with Crippen molar-refractivity contribution in [3.8, 4) is 0 Å². The molecule has 1 rings (SSSR count). The van der Waals surface area contributed by atoms with Crippen LogP contribution in [0.15, 0.2) is 29.2 Å². The monoisotopic (exact) mass is 192 g/mol. The van der Waals surface area contributed by atoms with E-state index in [9.17, 15) is 8.42 Å². The Labute approximate surface area is 70.2 Å². The number of rotatable bonds is 1.